The van der Waals surface area contributed by atoms with Gasteiger partial charge < -0.3 is 0 Å². The van der Waals surface area contributed by atoms with E-state index >= 15 is 0 Å². The van der Waals surface area contributed by atoms with Crippen molar-refractivity contribution in [3.05, 3.63) is 70.0 Å². The third kappa shape index (κ3) is 2.38. The quantitative estimate of drug-likeness (QED) is 0.631. The summed E-state index contributed by atoms with van der Waals surface area (Å²) in [5.41, 5.74) is 3.60. The summed E-state index contributed by atoms with van der Waals surface area (Å²) in [7, 11) is 0. The van der Waals surface area contributed by atoms with E-state index < -0.39 is 0 Å². The Morgan fingerprint density at radius 1 is 1.13 bits per heavy atom. The molecule has 0 fully saturated rings. The molecule has 1 aliphatic rings. The molecule has 0 bridgehead atoms. The Bertz CT molecular complexity index is 904. The van der Waals surface area contributed by atoms with Crippen molar-refractivity contribution in [3.8, 4) is 5.69 Å². The van der Waals surface area contributed by atoms with Crippen LogP contribution in [0.4, 0.5) is 0 Å². The van der Waals surface area contributed by atoms with Crippen LogP contribution in [0.3, 0.4) is 0 Å². The van der Waals surface area contributed by atoms with Gasteiger partial charge in [0.1, 0.15) is 6.54 Å². The van der Waals surface area contributed by atoms with Gasteiger partial charge in [-0.25, -0.2) is 0 Å². The van der Waals surface area contributed by atoms with Gasteiger partial charge in [0.2, 0.25) is 0 Å². The molecule has 3 aromatic rings. The van der Waals surface area contributed by atoms with Crippen molar-refractivity contribution in [1.82, 2.24) is 19.7 Å². The lowest BCUT2D eigenvalue weighted by atomic mass is 10.0. The minimum atomic E-state index is 0.284. The van der Waals surface area contributed by atoms with E-state index in [-0.39, 0.29) is 5.88 Å². The van der Waals surface area contributed by atoms with Crippen LogP contribution in [0.15, 0.2) is 52.1 Å². The van der Waals surface area contributed by atoms with Crippen LogP contribution in [0.2, 0.25) is 0 Å². The minimum absolute atomic E-state index is 0.284. The van der Waals surface area contributed by atoms with Gasteiger partial charge >= 0.3 is 0 Å². The molecule has 0 spiro atoms. The molecule has 7 heteroatoms. The highest BCUT2D eigenvalue weighted by atomic mass is 79.9. The summed E-state index contributed by atoms with van der Waals surface area (Å²) < 4.78 is 2.92. The van der Waals surface area contributed by atoms with E-state index in [1.54, 1.807) is 6.20 Å². The Hall–Kier alpha value is -2.05. The zero-order valence-corrected chi connectivity index (χ0v) is 14.3. The third-order valence-corrected chi connectivity index (χ3v) is 4.55. The van der Waals surface area contributed by atoms with Gasteiger partial charge in [-0.2, -0.15) is 0 Å². The summed E-state index contributed by atoms with van der Waals surface area (Å²) in [5, 5.41) is 8.41. The van der Waals surface area contributed by atoms with Crippen LogP contribution in [-0.2, 0) is 12.4 Å². The van der Waals surface area contributed by atoms with Crippen LogP contribution in [0.25, 0.3) is 5.69 Å². The fourth-order valence-corrected chi connectivity index (χ4v) is 3.41. The smallest absolute Gasteiger partial charge is 0.159 e. The van der Waals surface area contributed by atoms with Gasteiger partial charge in [-0.15, -0.1) is 21.8 Å². The van der Waals surface area contributed by atoms with E-state index in [0.717, 1.165) is 33.0 Å². The second kappa shape index (κ2) is 5.86. The molecule has 2 aromatic heterocycles. The van der Waals surface area contributed by atoms with Crippen molar-refractivity contribution < 1.29 is 0 Å². The maximum absolute atomic E-state index is 6.04. The number of hydrogen-bond donors (Lipinski definition) is 0. The highest BCUT2D eigenvalue weighted by Crippen LogP contribution is 2.31. The summed E-state index contributed by atoms with van der Waals surface area (Å²) in [6.45, 7) is 0.427. The molecule has 0 amide bonds. The van der Waals surface area contributed by atoms with Crippen molar-refractivity contribution in [2.75, 3.05) is 0 Å². The second-order valence-electron chi connectivity index (χ2n) is 5.02. The van der Waals surface area contributed by atoms with Crippen molar-refractivity contribution in [2.45, 2.75) is 12.4 Å². The Morgan fingerprint density at radius 2 is 2.04 bits per heavy atom. The van der Waals surface area contributed by atoms with Crippen molar-refractivity contribution >= 4 is 33.2 Å². The normalized spacial score (nSPS) is 13.0. The minimum Gasteiger partial charge on any atom is -0.279 e. The largest absolute Gasteiger partial charge is 0.279 e. The van der Waals surface area contributed by atoms with Crippen molar-refractivity contribution in [3.63, 3.8) is 0 Å². The second-order valence-corrected chi connectivity index (χ2v) is 6.14. The molecule has 5 nitrogen and oxygen atoms in total. The molecule has 0 radical (unpaired) electrons. The van der Waals surface area contributed by atoms with E-state index in [9.17, 15) is 0 Å². The number of halogens is 2. The molecule has 23 heavy (non-hydrogen) atoms. The predicted octanol–water partition coefficient (Wildman–Crippen LogP) is 3.51. The molecule has 1 aromatic carbocycles. The Balaban J connectivity index is 2.02. The molecule has 0 unspecified atom stereocenters. The predicted molar refractivity (Wildman–Crippen MR) is 92.2 cm³/mol. The van der Waals surface area contributed by atoms with E-state index in [1.165, 1.54) is 0 Å². The van der Waals surface area contributed by atoms with Crippen LogP contribution in [0.1, 0.15) is 22.9 Å². The van der Waals surface area contributed by atoms with Gasteiger partial charge in [-0.05, 0) is 34.1 Å². The molecule has 1 aliphatic heterocycles. The summed E-state index contributed by atoms with van der Waals surface area (Å²) >= 11 is 9.68. The molecule has 0 atom stereocenters. The number of pyridine rings is 1. The highest BCUT2D eigenvalue weighted by molar-refractivity contribution is 9.10. The van der Waals surface area contributed by atoms with Crippen molar-refractivity contribution in [2.24, 2.45) is 4.99 Å². The average molecular weight is 389 g/mol. The highest BCUT2D eigenvalue weighted by Gasteiger charge is 2.24. The number of benzene rings is 1. The number of aliphatic imine (C=N–C) groups is 1. The van der Waals surface area contributed by atoms with Gasteiger partial charge in [0.05, 0.1) is 23.0 Å². The van der Waals surface area contributed by atoms with E-state index in [4.69, 9.17) is 16.6 Å². The fraction of sp³-hybridized carbons (Fsp3) is 0.125. The first kappa shape index (κ1) is 14.5. The first-order chi connectivity index (χ1) is 11.3. The van der Waals surface area contributed by atoms with Gasteiger partial charge in [0.25, 0.3) is 0 Å². The van der Waals surface area contributed by atoms with Gasteiger partial charge in [-0.3, -0.25) is 14.5 Å². The topological polar surface area (TPSA) is 56.0 Å². The maximum Gasteiger partial charge on any atom is 0.159 e. The number of para-hydroxylation sites is 1. The van der Waals surface area contributed by atoms with Crippen LogP contribution in [0.5, 0.6) is 0 Å². The summed E-state index contributed by atoms with van der Waals surface area (Å²) in [6.07, 6.45) is 1.77. The number of aromatic nitrogens is 4. The number of fused-ring (bicyclic) bond motifs is 3. The molecule has 3 heterocycles. The fourth-order valence-electron chi connectivity index (χ4n) is 2.69. The average Bonchev–Trinajstić information content (AvgIpc) is 2.91. The van der Waals surface area contributed by atoms with Gasteiger partial charge in [0.15, 0.2) is 11.6 Å². The number of alkyl halides is 1. The van der Waals surface area contributed by atoms with Crippen LogP contribution in [0, 0.1) is 0 Å². The lowest BCUT2D eigenvalue weighted by molar-refractivity contribution is 0.856. The summed E-state index contributed by atoms with van der Waals surface area (Å²) in [4.78, 5) is 9.18. The molecule has 0 N–H and O–H groups in total. The first-order valence-electron chi connectivity index (χ1n) is 7.04. The SMILES string of the molecule is ClCc1nnc2n1-c1c(Br)cccc1C(c1ccccn1)=NC2. The maximum atomic E-state index is 6.04. The van der Waals surface area contributed by atoms with Gasteiger partial charge in [-0.1, -0.05) is 18.2 Å². The zero-order valence-electron chi connectivity index (χ0n) is 11.9. The van der Waals surface area contributed by atoms with Crippen LogP contribution in [-0.4, -0.2) is 25.5 Å². The summed E-state index contributed by atoms with van der Waals surface area (Å²) in [5.74, 6) is 1.75. The third-order valence-electron chi connectivity index (χ3n) is 3.67. The lowest BCUT2D eigenvalue weighted by Crippen LogP contribution is -2.10. The molecule has 0 aliphatic carbocycles. The summed E-state index contributed by atoms with van der Waals surface area (Å²) in [6, 6.07) is 11.8. The molecule has 4 rings (SSSR count). The van der Waals surface area contributed by atoms with E-state index in [0.29, 0.717) is 12.4 Å². The molecule has 114 valence electrons. The van der Waals surface area contributed by atoms with E-state index in [1.807, 2.05) is 41.0 Å². The lowest BCUT2D eigenvalue weighted by Gasteiger charge is -2.14. The molecular formula is C16H11BrClN5. The Labute approximate surface area is 146 Å². The standard InChI is InChI=1S/C16H11BrClN5/c17-11-5-3-4-10-15(12-6-1-2-7-19-12)20-9-14-22-21-13(8-18)23(14)16(10)11/h1-7H,8-9H2. The zero-order chi connectivity index (χ0) is 15.8. The van der Waals surface area contributed by atoms with Crippen LogP contribution >= 0.6 is 27.5 Å². The van der Waals surface area contributed by atoms with Crippen LogP contribution < -0.4 is 0 Å². The number of nitrogens with zero attached hydrogens (tertiary/aromatic N) is 5. The number of hydrogen-bond acceptors (Lipinski definition) is 4. The monoisotopic (exact) mass is 387 g/mol. The first-order valence-corrected chi connectivity index (χ1v) is 8.36. The Morgan fingerprint density at radius 3 is 2.83 bits per heavy atom. The Kier molecular flexibility index (Phi) is 3.71. The van der Waals surface area contributed by atoms with Crippen molar-refractivity contribution in [1.29, 1.82) is 0 Å². The van der Waals surface area contributed by atoms with E-state index in [2.05, 4.69) is 31.1 Å². The van der Waals surface area contributed by atoms with Gasteiger partial charge in [0, 0.05) is 16.2 Å². The number of rotatable bonds is 2. The molecule has 0 saturated carbocycles. The molecule has 0 saturated heterocycles. The molecular weight excluding hydrogens is 378 g/mol.